The van der Waals surface area contributed by atoms with Gasteiger partial charge in [-0.2, -0.15) is 0 Å². The third-order valence-electron chi connectivity index (χ3n) is 4.65. The van der Waals surface area contributed by atoms with Crippen LogP contribution in [0.4, 0.5) is 0 Å². The second-order valence-electron chi connectivity index (χ2n) is 6.64. The molecule has 6 heteroatoms. The fraction of sp³-hybridized carbons (Fsp3) is 0.160. The molecule has 0 aliphatic carbocycles. The number of aromatic nitrogens is 1. The summed E-state index contributed by atoms with van der Waals surface area (Å²) in [6.45, 7) is 4.92. The van der Waals surface area contributed by atoms with Crippen molar-refractivity contribution in [1.82, 2.24) is 15.2 Å². The van der Waals surface area contributed by atoms with Gasteiger partial charge in [-0.25, -0.2) is 4.98 Å². The van der Waals surface area contributed by atoms with E-state index in [1.807, 2.05) is 68.4 Å². The van der Waals surface area contributed by atoms with Crippen molar-refractivity contribution < 1.29 is 9.59 Å². The first-order chi connectivity index (χ1) is 15.1. The van der Waals surface area contributed by atoms with Crippen molar-refractivity contribution in [3.8, 4) is 0 Å². The van der Waals surface area contributed by atoms with Crippen LogP contribution >= 0.6 is 11.8 Å². The third-order valence-corrected chi connectivity index (χ3v) is 5.74. The number of rotatable bonds is 8. The number of carbonyl (C=O) groups excluding carboxylic acids is 2. The molecular weight excluding hydrogens is 406 g/mol. The van der Waals surface area contributed by atoms with Gasteiger partial charge in [0.15, 0.2) is 0 Å². The summed E-state index contributed by atoms with van der Waals surface area (Å²) in [7, 11) is 0. The smallest absolute Gasteiger partial charge is 0.271 e. The van der Waals surface area contributed by atoms with E-state index in [1.165, 1.54) is 11.8 Å². The summed E-state index contributed by atoms with van der Waals surface area (Å²) >= 11 is 1.36. The molecule has 0 aliphatic rings. The van der Waals surface area contributed by atoms with Crippen LogP contribution in [-0.2, 0) is 4.79 Å². The number of hydrogen-bond acceptors (Lipinski definition) is 4. The fourth-order valence-corrected chi connectivity index (χ4v) is 3.97. The molecule has 0 atom stereocenters. The Morgan fingerprint density at radius 3 is 1.97 bits per heavy atom. The Bertz CT molecular complexity index is 1030. The maximum absolute atomic E-state index is 13.5. The molecule has 0 spiro atoms. The van der Waals surface area contributed by atoms with Crippen molar-refractivity contribution >= 4 is 28.5 Å². The van der Waals surface area contributed by atoms with Crippen LogP contribution in [0.5, 0.6) is 0 Å². The number of thioether (sulfide) groups is 1. The summed E-state index contributed by atoms with van der Waals surface area (Å²) < 4.78 is 0. The van der Waals surface area contributed by atoms with Crippen molar-refractivity contribution in [2.75, 3.05) is 13.1 Å². The van der Waals surface area contributed by atoms with E-state index in [0.29, 0.717) is 23.6 Å². The summed E-state index contributed by atoms with van der Waals surface area (Å²) in [4.78, 5) is 33.3. The molecule has 0 saturated carbocycles. The Morgan fingerprint density at radius 1 is 0.839 bits per heavy atom. The first-order valence-electron chi connectivity index (χ1n) is 10.2. The molecule has 5 nitrogen and oxygen atoms in total. The lowest BCUT2D eigenvalue weighted by molar-refractivity contribution is -0.127. The number of nitrogens with one attached hydrogen (secondary N) is 1. The first-order valence-corrected chi connectivity index (χ1v) is 11.0. The lowest BCUT2D eigenvalue weighted by Crippen LogP contribution is -2.38. The normalized spacial score (nSPS) is 11.4. The van der Waals surface area contributed by atoms with Gasteiger partial charge in [-0.15, -0.1) is 0 Å². The topological polar surface area (TPSA) is 62.3 Å². The van der Waals surface area contributed by atoms with Crippen LogP contribution in [0, 0.1) is 0 Å². The minimum Gasteiger partial charge on any atom is -0.338 e. The number of amides is 2. The zero-order valence-corrected chi connectivity index (χ0v) is 18.4. The molecule has 0 fully saturated rings. The summed E-state index contributed by atoms with van der Waals surface area (Å²) in [5.41, 5.74) is 1.57. The predicted octanol–water partition coefficient (Wildman–Crippen LogP) is 4.84. The van der Waals surface area contributed by atoms with E-state index in [9.17, 15) is 9.59 Å². The minimum absolute atomic E-state index is 0.225. The van der Waals surface area contributed by atoms with Crippen molar-refractivity contribution in [3.05, 3.63) is 102 Å². The van der Waals surface area contributed by atoms with E-state index in [0.717, 1.165) is 10.6 Å². The average Bonchev–Trinajstić information content (AvgIpc) is 2.83. The molecule has 31 heavy (non-hydrogen) atoms. The van der Waals surface area contributed by atoms with Crippen LogP contribution in [0.25, 0.3) is 4.91 Å². The van der Waals surface area contributed by atoms with Crippen molar-refractivity contribution in [1.29, 1.82) is 0 Å². The van der Waals surface area contributed by atoms with Crippen LogP contribution in [0.15, 0.2) is 95.8 Å². The Balaban J connectivity index is 2.13. The zero-order valence-electron chi connectivity index (χ0n) is 17.6. The molecule has 0 unspecified atom stereocenters. The Morgan fingerprint density at radius 2 is 1.42 bits per heavy atom. The second-order valence-corrected chi connectivity index (χ2v) is 7.67. The Hall–Kier alpha value is -3.38. The third kappa shape index (κ3) is 5.83. The number of pyridine rings is 1. The lowest BCUT2D eigenvalue weighted by Gasteiger charge is -2.23. The number of hydrogen-bond donors (Lipinski definition) is 1. The van der Waals surface area contributed by atoms with Gasteiger partial charge in [0.2, 0.25) is 0 Å². The molecule has 1 N–H and O–H groups in total. The van der Waals surface area contributed by atoms with Crippen molar-refractivity contribution in [2.45, 2.75) is 18.9 Å². The number of carbonyl (C=O) groups is 2. The predicted molar refractivity (Wildman–Crippen MR) is 125 cm³/mol. The molecule has 2 aromatic carbocycles. The minimum atomic E-state index is -0.328. The van der Waals surface area contributed by atoms with Crippen LogP contribution < -0.4 is 5.32 Å². The van der Waals surface area contributed by atoms with Gasteiger partial charge in [-0.3, -0.25) is 9.59 Å². The van der Waals surface area contributed by atoms with Gasteiger partial charge in [0.1, 0.15) is 10.7 Å². The van der Waals surface area contributed by atoms with Crippen LogP contribution in [0.3, 0.4) is 0 Å². The average molecular weight is 432 g/mol. The molecule has 1 heterocycles. The maximum Gasteiger partial charge on any atom is 0.271 e. The van der Waals surface area contributed by atoms with E-state index in [2.05, 4.69) is 10.3 Å². The highest BCUT2D eigenvalue weighted by atomic mass is 32.2. The van der Waals surface area contributed by atoms with E-state index in [4.69, 9.17) is 0 Å². The largest absolute Gasteiger partial charge is 0.338 e. The molecule has 158 valence electrons. The maximum atomic E-state index is 13.5. The number of likely N-dealkylation sites (N-methyl/N-ethyl adjacent to an activating group) is 1. The molecule has 0 saturated heterocycles. The summed E-state index contributed by atoms with van der Waals surface area (Å²) in [6.07, 6.45) is 1.71. The van der Waals surface area contributed by atoms with Gasteiger partial charge < -0.3 is 10.2 Å². The summed E-state index contributed by atoms with van der Waals surface area (Å²) in [5.74, 6) is -0.553. The molecule has 3 aromatic rings. The highest BCUT2D eigenvalue weighted by Gasteiger charge is 2.24. The molecule has 2 amide bonds. The van der Waals surface area contributed by atoms with Gasteiger partial charge in [0.05, 0.1) is 4.91 Å². The highest BCUT2D eigenvalue weighted by Crippen LogP contribution is 2.35. The summed E-state index contributed by atoms with van der Waals surface area (Å²) in [5, 5.41) is 3.64. The molecule has 0 bridgehead atoms. The Labute approximate surface area is 187 Å². The van der Waals surface area contributed by atoms with Gasteiger partial charge >= 0.3 is 0 Å². The molecular formula is C25H25N3O2S. The van der Waals surface area contributed by atoms with Gasteiger partial charge in [0.25, 0.3) is 11.8 Å². The first kappa shape index (κ1) is 22.3. The van der Waals surface area contributed by atoms with Gasteiger partial charge in [-0.1, -0.05) is 66.4 Å². The Kier molecular flexibility index (Phi) is 8.01. The highest BCUT2D eigenvalue weighted by molar-refractivity contribution is 8.08. The van der Waals surface area contributed by atoms with E-state index < -0.39 is 0 Å². The van der Waals surface area contributed by atoms with Crippen LogP contribution in [0.1, 0.15) is 29.8 Å². The summed E-state index contributed by atoms with van der Waals surface area (Å²) in [6, 6.07) is 24.1. The van der Waals surface area contributed by atoms with Crippen molar-refractivity contribution in [3.63, 3.8) is 0 Å². The van der Waals surface area contributed by atoms with E-state index in [1.54, 1.807) is 35.4 Å². The van der Waals surface area contributed by atoms with Crippen LogP contribution in [-0.4, -0.2) is 34.8 Å². The van der Waals surface area contributed by atoms with E-state index >= 15 is 0 Å². The van der Waals surface area contributed by atoms with E-state index in [-0.39, 0.29) is 17.5 Å². The number of benzene rings is 2. The SMILES string of the molecule is CCN(CC)C(=O)/C(NC(=O)c1ccccc1)=C(\Sc1ccccn1)c1ccccc1. The molecule has 1 aromatic heterocycles. The number of nitrogens with zero attached hydrogens (tertiary/aromatic N) is 2. The standard InChI is InChI=1S/C25H25N3O2S/c1-3-28(4-2)25(30)22(27-24(29)20-15-9-6-10-16-20)23(19-13-7-5-8-14-19)31-21-17-11-12-18-26-21/h5-18H,3-4H2,1-2H3,(H,27,29)/b23-22+. The molecule has 0 radical (unpaired) electrons. The zero-order chi connectivity index (χ0) is 22.1. The van der Waals surface area contributed by atoms with Gasteiger partial charge in [-0.05, 0) is 43.7 Å². The van der Waals surface area contributed by atoms with Crippen LogP contribution in [0.2, 0.25) is 0 Å². The van der Waals surface area contributed by atoms with Gasteiger partial charge in [0, 0.05) is 24.8 Å². The monoisotopic (exact) mass is 431 g/mol. The fourth-order valence-electron chi connectivity index (χ4n) is 3.01. The quantitative estimate of drug-likeness (QED) is 0.409. The molecule has 3 rings (SSSR count). The van der Waals surface area contributed by atoms with Crippen molar-refractivity contribution in [2.24, 2.45) is 0 Å². The molecule has 0 aliphatic heterocycles. The lowest BCUT2D eigenvalue weighted by atomic mass is 10.1. The second kappa shape index (κ2) is 11.1.